The average molecular weight is 234 g/mol. The van der Waals surface area contributed by atoms with Crippen molar-refractivity contribution in [2.24, 2.45) is 0 Å². The van der Waals surface area contributed by atoms with Gasteiger partial charge in [0.15, 0.2) is 6.29 Å². The van der Waals surface area contributed by atoms with Crippen molar-refractivity contribution in [2.45, 2.75) is 44.8 Å². The highest BCUT2D eigenvalue weighted by atomic mass is 16.7. The summed E-state index contributed by atoms with van der Waals surface area (Å²) in [4.78, 5) is 0. The first-order chi connectivity index (χ1) is 7.85. The molecule has 16 heavy (non-hydrogen) atoms. The molecule has 0 heterocycles. The van der Waals surface area contributed by atoms with Gasteiger partial charge in [-0.2, -0.15) is 0 Å². The minimum absolute atomic E-state index is 0.0370. The monoisotopic (exact) mass is 234 g/mol. The van der Waals surface area contributed by atoms with E-state index in [0.29, 0.717) is 6.79 Å². The molecule has 0 aliphatic rings. The molecule has 0 amide bonds. The van der Waals surface area contributed by atoms with Crippen molar-refractivity contribution in [3.63, 3.8) is 0 Å². The van der Waals surface area contributed by atoms with Crippen LogP contribution in [-0.2, 0) is 18.9 Å². The molecule has 0 saturated carbocycles. The van der Waals surface area contributed by atoms with E-state index in [1.165, 1.54) is 19.3 Å². The van der Waals surface area contributed by atoms with Crippen LogP contribution in [0.4, 0.5) is 0 Å². The van der Waals surface area contributed by atoms with E-state index >= 15 is 0 Å². The molecule has 0 aliphatic carbocycles. The van der Waals surface area contributed by atoms with Crippen LogP contribution in [0.25, 0.3) is 0 Å². The van der Waals surface area contributed by atoms with Gasteiger partial charge < -0.3 is 18.9 Å². The number of hydrogen-bond donors (Lipinski definition) is 0. The lowest BCUT2D eigenvalue weighted by Gasteiger charge is -2.12. The molecule has 0 N–H and O–H groups in total. The molecule has 0 saturated heterocycles. The van der Waals surface area contributed by atoms with Crippen LogP contribution in [-0.4, -0.2) is 41.0 Å². The second-order valence-corrected chi connectivity index (χ2v) is 3.77. The first kappa shape index (κ1) is 15.8. The predicted octanol–water partition coefficient (Wildman–Crippen LogP) is 2.57. The van der Waals surface area contributed by atoms with Crippen molar-refractivity contribution < 1.29 is 18.9 Å². The standard InChI is InChI=1S/C12H26O4/c1-13-11-16-10-8-6-4-5-7-9-12(14-2)15-3/h12H,4-11H2,1-3H3. The van der Waals surface area contributed by atoms with Gasteiger partial charge >= 0.3 is 0 Å². The van der Waals surface area contributed by atoms with E-state index in [1.54, 1.807) is 21.3 Å². The van der Waals surface area contributed by atoms with Gasteiger partial charge in [-0.25, -0.2) is 0 Å². The number of methoxy groups -OCH3 is 3. The number of unbranched alkanes of at least 4 members (excludes halogenated alkanes) is 4. The van der Waals surface area contributed by atoms with Crippen molar-refractivity contribution >= 4 is 0 Å². The van der Waals surface area contributed by atoms with Gasteiger partial charge in [0.25, 0.3) is 0 Å². The number of hydrogen-bond acceptors (Lipinski definition) is 4. The third-order valence-electron chi connectivity index (χ3n) is 2.46. The molecule has 0 bridgehead atoms. The van der Waals surface area contributed by atoms with E-state index in [9.17, 15) is 0 Å². The summed E-state index contributed by atoms with van der Waals surface area (Å²) in [6.07, 6.45) is 6.91. The van der Waals surface area contributed by atoms with Crippen LogP contribution in [0.3, 0.4) is 0 Å². The van der Waals surface area contributed by atoms with Crippen LogP contribution in [0.2, 0.25) is 0 Å². The average Bonchev–Trinajstić information content (AvgIpc) is 2.32. The Morgan fingerprint density at radius 1 is 0.812 bits per heavy atom. The highest BCUT2D eigenvalue weighted by Gasteiger charge is 2.03. The van der Waals surface area contributed by atoms with Gasteiger partial charge in [-0.15, -0.1) is 0 Å². The second kappa shape index (κ2) is 12.9. The molecular formula is C12H26O4. The number of rotatable bonds is 12. The van der Waals surface area contributed by atoms with E-state index in [0.717, 1.165) is 25.9 Å². The van der Waals surface area contributed by atoms with Crippen molar-refractivity contribution in [1.29, 1.82) is 0 Å². The lowest BCUT2D eigenvalue weighted by atomic mass is 10.1. The Balaban J connectivity index is 3.03. The van der Waals surface area contributed by atoms with Crippen molar-refractivity contribution in [2.75, 3.05) is 34.7 Å². The molecule has 0 unspecified atom stereocenters. The molecule has 98 valence electrons. The third-order valence-corrected chi connectivity index (χ3v) is 2.46. The topological polar surface area (TPSA) is 36.9 Å². The zero-order chi connectivity index (χ0) is 12.1. The second-order valence-electron chi connectivity index (χ2n) is 3.77. The fourth-order valence-electron chi connectivity index (χ4n) is 1.52. The Morgan fingerprint density at radius 3 is 2.06 bits per heavy atom. The first-order valence-corrected chi connectivity index (χ1v) is 5.97. The Hall–Kier alpha value is -0.160. The highest BCUT2D eigenvalue weighted by molar-refractivity contribution is 4.48. The zero-order valence-electron chi connectivity index (χ0n) is 10.9. The molecule has 0 aromatic rings. The van der Waals surface area contributed by atoms with Crippen molar-refractivity contribution in [1.82, 2.24) is 0 Å². The lowest BCUT2D eigenvalue weighted by molar-refractivity contribution is -0.107. The normalized spacial score (nSPS) is 11.2. The summed E-state index contributed by atoms with van der Waals surface area (Å²) in [6.45, 7) is 1.20. The quantitative estimate of drug-likeness (QED) is 0.384. The van der Waals surface area contributed by atoms with Crippen LogP contribution >= 0.6 is 0 Å². The van der Waals surface area contributed by atoms with Gasteiger partial charge in [-0.3, -0.25) is 0 Å². The lowest BCUT2D eigenvalue weighted by Crippen LogP contribution is -2.12. The maximum atomic E-state index is 5.20. The molecule has 0 atom stereocenters. The molecular weight excluding hydrogens is 208 g/mol. The van der Waals surface area contributed by atoms with Crippen LogP contribution < -0.4 is 0 Å². The highest BCUT2D eigenvalue weighted by Crippen LogP contribution is 2.09. The summed E-state index contributed by atoms with van der Waals surface area (Å²) in [6, 6.07) is 0. The summed E-state index contributed by atoms with van der Waals surface area (Å²) in [5.41, 5.74) is 0. The van der Waals surface area contributed by atoms with Crippen LogP contribution in [0, 0.1) is 0 Å². The summed E-state index contributed by atoms with van der Waals surface area (Å²) in [5, 5.41) is 0. The summed E-state index contributed by atoms with van der Waals surface area (Å²) >= 11 is 0. The Bertz CT molecular complexity index is 126. The minimum atomic E-state index is -0.0370. The summed E-state index contributed by atoms with van der Waals surface area (Å²) in [7, 11) is 5.00. The molecule has 0 aromatic heterocycles. The first-order valence-electron chi connectivity index (χ1n) is 5.97. The molecule has 0 rings (SSSR count). The van der Waals surface area contributed by atoms with Gasteiger partial charge in [0.1, 0.15) is 6.79 Å². The Kier molecular flexibility index (Phi) is 12.8. The largest absolute Gasteiger partial charge is 0.359 e. The fourth-order valence-corrected chi connectivity index (χ4v) is 1.52. The minimum Gasteiger partial charge on any atom is -0.359 e. The van der Waals surface area contributed by atoms with Gasteiger partial charge in [0.05, 0.1) is 0 Å². The van der Waals surface area contributed by atoms with Crippen LogP contribution in [0.1, 0.15) is 38.5 Å². The maximum Gasteiger partial charge on any atom is 0.156 e. The van der Waals surface area contributed by atoms with Gasteiger partial charge in [-0.1, -0.05) is 19.3 Å². The Morgan fingerprint density at radius 2 is 1.44 bits per heavy atom. The van der Waals surface area contributed by atoms with E-state index < -0.39 is 0 Å². The number of ether oxygens (including phenoxy) is 4. The third kappa shape index (κ3) is 10.4. The van der Waals surface area contributed by atoms with E-state index in [4.69, 9.17) is 18.9 Å². The smallest absolute Gasteiger partial charge is 0.156 e. The predicted molar refractivity (Wildman–Crippen MR) is 63.3 cm³/mol. The van der Waals surface area contributed by atoms with E-state index in [2.05, 4.69) is 0 Å². The maximum absolute atomic E-state index is 5.20. The Labute approximate surface area is 99.2 Å². The molecule has 0 fully saturated rings. The van der Waals surface area contributed by atoms with E-state index in [1.807, 2.05) is 0 Å². The SMILES string of the molecule is COCOCCCCCCCC(OC)OC. The summed E-state index contributed by atoms with van der Waals surface area (Å²) in [5.74, 6) is 0. The molecule has 4 nitrogen and oxygen atoms in total. The zero-order valence-corrected chi connectivity index (χ0v) is 10.9. The van der Waals surface area contributed by atoms with Crippen LogP contribution in [0.5, 0.6) is 0 Å². The molecule has 0 spiro atoms. The van der Waals surface area contributed by atoms with Crippen molar-refractivity contribution in [3.05, 3.63) is 0 Å². The summed E-state index contributed by atoms with van der Waals surface area (Å²) < 4.78 is 20.2. The van der Waals surface area contributed by atoms with E-state index in [-0.39, 0.29) is 6.29 Å². The van der Waals surface area contributed by atoms with Gasteiger partial charge in [0, 0.05) is 27.9 Å². The van der Waals surface area contributed by atoms with Gasteiger partial charge in [-0.05, 0) is 19.3 Å². The molecule has 0 aromatic carbocycles. The molecule has 4 heteroatoms. The molecule has 0 radical (unpaired) electrons. The van der Waals surface area contributed by atoms with Crippen molar-refractivity contribution in [3.8, 4) is 0 Å². The molecule has 0 aliphatic heterocycles. The van der Waals surface area contributed by atoms with Crippen LogP contribution in [0.15, 0.2) is 0 Å². The van der Waals surface area contributed by atoms with Gasteiger partial charge in [0.2, 0.25) is 0 Å². The fraction of sp³-hybridized carbons (Fsp3) is 1.00.